The lowest BCUT2D eigenvalue weighted by Crippen LogP contribution is -2.35. The molecular weight excluding hydrogens is 433 g/mol. The van der Waals surface area contributed by atoms with E-state index >= 15 is 0 Å². The molecule has 0 aliphatic carbocycles. The van der Waals surface area contributed by atoms with Gasteiger partial charge >= 0.3 is 0 Å². The van der Waals surface area contributed by atoms with Gasteiger partial charge in [-0.3, -0.25) is 4.79 Å². The first kappa shape index (κ1) is 20.1. The van der Waals surface area contributed by atoms with Crippen LogP contribution in [0.5, 0.6) is 11.5 Å². The van der Waals surface area contributed by atoms with Gasteiger partial charge in [-0.25, -0.2) is 4.39 Å². The quantitative estimate of drug-likeness (QED) is 0.436. The number of ether oxygens (including phenoxy) is 2. The van der Waals surface area contributed by atoms with Crippen LogP contribution in [-0.4, -0.2) is 21.8 Å². The van der Waals surface area contributed by atoms with Gasteiger partial charge in [-0.2, -0.15) is 0 Å². The van der Waals surface area contributed by atoms with Gasteiger partial charge in [0.15, 0.2) is 16.6 Å². The molecule has 0 fully saturated rings. The number of hydrogen-bond acceptors (Lipinski definition) is 5. The van der Waals surface area contributed by atoms with Crippen LogP contribution < -0.4 is 20.3 Å². The predicted molar refractivity (Wildman–Crippen MR) is 121 cm³/mol. The normalized spacial score (nSPS) is 12.2. The Balaban J connectivity index is 1.44. The standard InChI is InChI=1S/C23H18FN3O4S/c24-16-3-5-17(6-4-16)25-23(32)27(12-18-2-1-7-29-18)11-15-8-14-9-20-21(31-13-30-20)10-19(14)26-22(15)28/h1-10H,11-13H2,(H,25,32)(H,26,28). The van der Waals surface area contributed by atoms with E-state index in [1.165, 1.54) is 12.1 Å². The van der Waals surface area contributed by atoms with E-state index in [0.717, 1.165) is 5.39 Å². The lowest BCUT2D eigenvalue weighted by Gasteiger charge is -2.25. The number of anilines is 1. The number of benzene rings is 2. The van der Waals surface area contributed by atoms with Crippen molar-refractivity contribution in [3.8, 4) is 11.5 Å². The van der Waals surface area contributed by atoms with E-state index in [9.17, 15) is 9.18 Å². The molecule has 2 aromatic heterocycles. The molecule has 1 aliphatic heterocycles. The average molecular weight is 451 g/mol. The summed E-state index contributed by atoms with van der Waals surface area (Å²) in [4.78, 5) is 17.5. The van der Waals surface area contributed by atoms with Crippen molar-refractivity contribution in [2.24, 2.45) is 0 Å². The molecule has 0 atom stereocenters. The lowest BCUT2D eigenvalue weighted by atomic mass is 10.1. The zero-order valence-corrected chi connectivity index (χ0v) is 17.6. The van der Waals surface area contributed by atoms with E-state index in [1.807, 2.05) is 18.2 Å². The third kappa shape index (κ3) is 4.15. The fraction of sp³-hybridized carbons (Fsp3) is 0.130. The Morgan fingerprint density at radius 3 is 2.62 bits per heavy atom. The molecule has 0 spiro atoms. The Labute approximate surface area is 187 Å². The van der Waals surface area contributed by atoms with Gasteiger partial charge in [0.2, 0.25) is 6.79 Å². The molecule has 0 saturated heterocycles. The molecule has 0 saturated carbocycles. The average Bonchev–Trinajstić information content (AvgIpc) is 3.45. The minimum atomic E-state index is -0.336. The zero-order chi connectivity index (χ0) is 22.1. The van der Waals surface area contributed by atoms with Gasteiger partial charge in [0.25, 0.3) is 5.56 Å². The number of thiocarbonyl (C=S) groups is 1. The highest BCUT2D eigenvalue weighted by molar-refractivity contribution is 7.80. The summed E-state index contributed by atoms with van der Waals surface area (Å²) in [6.45, 7) is 0.731. The minimum absolute atomic E-state index is 0.156. The van der Waals surface area contributed by atoms with E-state index < -0.39 is 0 Å². The van der Waals surface area contributed by atoms with Crippen molar-refractivity contribution in [1.82, 2.24) is 9.88 Å². The number of H-pyrrole nitrogens is 1. The highest BCUT2D eigenvalue weighted by atomic mass is 32.1. The van der Waals surface area contributed by atoms with Crippen molar-refractivity contribution >= 4 is 33.9 Å². The van der Waals surface area contributed by atoms with E-state index in [-0.39, 0.29) is 24.7 Å². The van der Waals surface area contributed by atoms with Crippen molar-refractivity contribution in [2.45, 2.75) is 13.1 Å². The van der Waals surface area contributed by atoms with Gasteiger partial charge in [0, 0.05) is 22.7 Å². The van der Waals surface area contributed by atoms with E-state index in [4.69, 9.17) is 26.1 Å². The molecule has 0 bridgehead atoms. The number of aromatic nitrogens is 1. The molecule has 0 unspecified atom stereocenters. The van der Waals surface area contributed by atoms with Gasteiger partial charge in [-0.05, 0) is 60.7 Å². The number of nitrogens with one attached hydrogen (secondary N) is 2. The topological polar surface area (TPSA) is 79.7 Å². The summed E-state index contributed by atoms with van der Waals surface area (Å²) in [5.74, 6) is 1.59. The second-order valence-electron chi connectivity index (χ2n) is 7.29. The Morgan fingerprint density at radius 1 is 1.09 bits per heavy atom. The molecule has 4 aromatic rings. The molecule has 5 rings (SSSR count). The molecule has 0 amide bonds. The Morgan fingerprint density at radius 2 is 1.88 bits per heavy atom. The van der Waals surface area contributed by atoms with E-state index in [0.29, 0.717) is 45.7 Å². The molecule has 0 radical (unpaired) electrons. The first-order valence-electron chi connectivity index (χ1n) is 9.84. The predicted octanol–water partition coefficient (Wildman–Crippen LogP) is 4.39. The smallest absolute Gasteiger partial charge is 0.253 e. The lowest BCUT2D eigenvalue weighted by molar-refractivity contribution is 0.174. The summed E-state index contributed by atoms with van der Waals surface area (Å²) in [6.07, 6.45) is 1.58. The van der Waals surface area contributed by atoms with Gasteiger partial charge in [0.1, 0.15) is 11.6 Å². The zero-order valence-electron chi connectivity index (χ0n) is 16.8. The second kappa shape index (κ2) is 8.35. The highest BCUT2D eigenvalue weighted by Gasteiger charge is 2.18. The van der Waals surface area contributed by atoms with Crippen LogP contribution in [0.3, 0.4) is 0 Å². The van der Waals surface area contributed by atoms with Crippen LogP contribution in [0.25, 0.3) is 10.9 Å². The number of hydrogen-bond donors (Lipinski definition) is 2. The van der Waals surface area contributed by atoms with Gasteiger partial charge in [0.05, 0.1) is 24.9 Å². The van der Waals surface area contributed by atoms with Gasteiger partial charge < -0.3 is 29.1 Å². The number of rotatable bonds is 5. The molecule has 1 aliphatic rings. The van der Waals surface area contributed by atoms with Crippen LogP contribution in [0.15, 0.2) is 70.1 Å². The molecule has 162 valence electrons. The molecule has 2 aromatic carbocycles. The number of furan rings is 1. The fourth-order valence-corrected chi connectivity index (χ4v) is 3.74. The largest absolute Gasteiger partial charge is 0.467 e. The maximum absolute atomic E-state index is 13.2. The fourth-order valence-electron chi connectivity index (χ4n) is 3.49. The van der Waals surface area contributed by atoms with Crippen molar-refractivity contribution < 1.29 is 18.3 Å². The van der Waals surface area contributed by atoms with E-state index in [2.05, 4.69) is 10.3 Å². The van der Waals surface area contributed by atoms with Crippen molar-refractivity contribution in [1.29, 1.82) is 0 Å². The summed E-state index contributed by atoms with van der Waals surface area (Å²) in [5.41, 5.74) is 1.59. The molecule has 32 heavy (non-hydrogen) atoms. The number of nitrogens with zero attached hydrogens (tertiary/aromatic N) is 1. The SMILES string of the molecule is O=c1[nH]c2cc3c(cc2cc1CN(Cc1ccco1)C(=S)Nc1ccc(F)cc1)OCO3. The second-order valence-corrected chi connectivity index (χ2v) is 7.68. The monoisotopic (exact) mass is 451 g/mol. The van der Waals surface area contributed by atoms with E-state index in [1.54, 1.807) is 35.4 Å². The van der Waals surface area contributed by atoms with Gasteiger partial charge in [-0.1, -0.05) is 0 Å². The van der Waals surface area contributed by atoms with Crippen molar-refractivity contribution in [2.75, 3.05) is 12.1 Å². The third-order valence-electron chi connectivity index (χ3n) is 5.09. The number of pyridine rings is 1. The maximum atomic E-state index is 13.2. The summed E-state index contributed by atoms with van der Waals surface area (Å²) < 4.78 is 29.5. The number of aromatic amines is 1. The van der Waals surface area contributed by atoms with Gasteiger partial charge in [-0.15, -0.1) is 0 Å². The van der Waals surface area contributed by atoms with Crippen LogP contribution in [0, 0.1) is 5.82 Å². The number of fused-ring (bicyclic) bond motifs is 2. The summed E-state index contributed by atoms with van der Waals surface area (Å²) in [7, 11) is 0. The molecule has 7 nitrogen and oxygen atoms in total. The minimum Gasteiger partial charge on any atom is -0.467 e. The van der Waals surface area contributed by atoms with Crippen LogP contribution in [0.1, 0.15) is 11.3 Å². The Kier molecular flexibility index (Phi) is 5.24. The number of halogens is 1. The van der Waals surface area contributed by atoms with Crippen molar-refractivity contribution in [3.05, 3.63) is 88.4 Å². The van der Waals surface area contributed by atoms with Crippen LogP contribution in [0.2, 0.25) is 0 Å². The maximum Gasteiger partial charge on any atom is 0.253 e. The van der Waals surface area contributed by atoms with Crippen LogP contribution in [-0.2, 0) is 13.1 Å². The Bertz CT molecular complexity index is 1340. The molecule has 9 heteroatoms. The summed E-state index contributed by atoms with van der Waals surface area (Å²) in [5, 5.41) is 4.28. The Hall–Kier alpha value is -3.85. The highest BCUT2D eigenvalue weighted by Crippen LogP contribution is 2.35. The van der Waals surface area contributed by atoms with Crippen molar-refractivity contribution in [3.63, 3.8) is 0 Å². The molecule has 3 heterocycles. The first-order chi connectivity index (χ1) is 15.5. The summed E-state index contributed by atoms with van der Waals surface area (Å²) >= 11 is 5.60. The molecular formula is C23H18FN3O4S. The molecule has 2 N–H and O–H groups in total. The van der Waals surface area contributed by atoms with Crippen LogP contribution >= 0.6 is 12.2 Å². The third-order valence-corrected chi connectivity index (χ3v) is 5.45. The summed E-state index contributed by atoms with van der Waals surface area (Å²) in [6, 6.07) is 14.9. The first-order valence-corrected chi connectivity index (χ1v) is 10.3. The van der Waals surface area contributed by atoms with Crippen LogP contribution in [0.4, 0.5) is 10.1 Å².